The molecule has 4 nitrogen and oxygen atoms in total. The smallest absolute Gasteiger partial charge is 0.241 e. The fourth-order valence-corrected chi connectivity index (χ4v) is 3.18. The molecule has 1 N–H and O–H groups in total. The molecule has 0 aliphatic carbocycles. The van der Waals surface area contributed by atoms with Gasteiger partial charge in [0.2, 0.25) is 5.91 Å². The predicted molar refractivity (Wildman–Crippen MR) is 91.8 cm³/mol. The van der Waals surface area contributed by atoms with Crippen molar-refractivity contribution in [2.24, 2.45) is 0 Å². The normalized spacial score (nSPS) is 16.3. The van der Waals surface area contributed by atoms with E-state index in [1.54, 1.807) is 7.11 Å². The Hall–Kier alpha value is -2.33. The van der Waals surface area contributed by atoms with Crippen LogP contribution >= 0.6 is 0 Å². The molecule has 0 saturated heterocycles. The van der Waals surface area contributed by atoms with E-state index in [0.717, 1.165) is 23.4 Å². The van der Waals surface area contributed by atoms with Crippen LogP contribution in [-0.4, -0.2) is 25.6 Å². The van der Waals surface area contributed by atoms with Gasteiger partial charge in [-0.05, 0) is 31.0 Å². The average molecular weight is 310 g/mol. The summed E-state index contributed by atoms with van der Waals surface area (Å²) in [6, 6.07) is 16.2. The summed E-state index contributed by atoms with van der Waals surface area (Å²) in [7, 11) is 1.66. The number of anilines is 1. The van der Waals surface area contributed by atoms with Gasteiger partial charge in [-0.2, -0.15) is 0 Å². The maximum Gasteiger partial charge on any atom is 0.241 e. The largest absolute Gasteiger partial charge is 0.496 e. The molecule has 1 unspecified atom stereocenters. The van der Waals surface area contributed by atoms with Crippen LogP contribution in [0.25, 0.3) is 0 Å². The minimum atomic E-state index is 0.109. The first-order valence-electron chi connectivity index (χ1n) is 7.93. The lowest BCUT2D eigenvalue weighted by atomic mass is 10.1. The number of ether oxygens (including phenoxy) is 1. The molecule has 1 heterocycles. The summed E-state index contributed by atoms with van der Waals surface area (Å²) >= 11 is 0. The summed E-state index contributed by atoms with van der Waals surface area (Å²) < 4.78 is 5.33. The molecular formula is C19H22N2O2. The molecule has 4 heteroatoms. The lowest BCUT2D eigenvalue weighted by Crippen LogP contribution is -2.41. The highest BCUT2D eigenvalue weighted by Gasteiger charge is 2.29. The first-order valence-corrected chi connectivity index (χ1v) is 7.93. The molecule has 0 aromatic heterocycles. The summed E-state index contributed by atoms with van der Waals surface area (Å²) in [4.78, 5) is 14.5. The van der Waals surface area contributed by atoms with E-state index in [-0.39, 0.29) is 11.9 Å². The van der Waals surface area contributed by atoms with Gasteiger partial charge in [0, 0.05) is 23.8 Å². The van der Waals surface area contributed by atoms with Gasteiger partial charge in [0.1, 0.15) is 5.75 Å². The van der Waals surface area contributed by atoms with E-state index in [1.165, 1.54) is 5.56 Å². The Morgan fingerprint density at radius 3 is 2.78 bits per heavy atom. The maximum absolute atomic E-state index is 12.6. The quantitative estimate of drug-likeness (QED) is 0.923. The third kappa shape index (κ3) is 3.22. The minimum absolute atomic E-state index is 0.109. The van der Waals surface area contributed by atoms with Gasteiger partial charge < -0.3 is 15.0 Å². The fraction of sp³-hybridized carbons (Fsp3) is 0.316. The van der Waals surface area contributed by atoms with Crippen molar-refractivity contribution in [3.63, 3.8) is 0 Å². The zero-order valence-electron chi connectivity index (χ0n) is 13.6. The number of amides is 1. The molecule has 0 bridgehead atoms. The van der Waals surface area contributed by atoms with Crippen molar-refractivity contribution < 1.29 is 9.53 Å². The van der Waals surface area contributed by atoms with E-state index < -0.39 is 0 Å². The number of nitrogens with zero attached hydrogens (tertiary/aromatic N) is 1. The van der Waals surface area contributed by atoms with Gasteiger partial charge in [0.15, 0.2) is 0 Å². The second-order valence-corrected chi connectivity index (χ2v) is 5.86. The van der Waals surface area contributed by atoms with Crippen LogP contribution in [0.3, 0.4) is 0 Å². The van der Waals surface area contributed by atoms with E-state index in [4.69, 9.17) is 4.74 Å². The van der Waals surface area contributed by atoms with Crippen LogP contribution in [0.2, 0.25) is 0 Å². The number of fused-ring (bicyclic) bond motifs is 1. The summed E-state index contributed by atoms with van der Waals surface area (Å²) in [6.07, 6.45) is 0.925. The number of benzene rings is 2. The second kappa shape index (κ2) is 6.84. The van der Waals surface area contributed by atoms with Crippen molar-refractivity contribution >= 4 is 11.6 Å². The molecule has 1 atom stereocenters. The molecule has 1 aliphatic heterocycles. The molecular weight excluding hydrogens is 288 g/mol. The molecule has 0 spiro atoms. The van der Waals surface area contributed by atoms with Crippen molar-refractivity contribution in [3.8, 4) is 5.75 Å². The van der Waals surface area contributed by atoms with Gasteiger partial charge in [0.05, 0.1) is 13.7 Å². The van der Waals surface area contributed by atoms with Crippen molar-refractivity contribution in [2.75, 3.05) is 18.6 Å². The highest BCUT2D eigenvalue weighted by Crippen LogP contribution is 2.31. The molecule has 2 aromatic rings. The first-order chi connectivity index (χ1) is 11.2. The van der Waals surface area contributed by atoms with Gasteiger partial charge in [0.25, 0.3) is 0 Å². The van der Waals surface area contributed by atoms with Gasteiger partial charge in [-0.25, -0.2) is 0 Å². The van der Waals surface area contributed by atoms with Crippen LogP contribution in [0.4, 0.5) is 5.69 Å². The van der Waals surface area contributed by atoms with Crippen LogP contribution < -0.4 is 15.0 Å². The predicted octanol–water partition coefficient (Wildman–Crippen LogP) is 2.76. The highest BCUT2D eigenvalue weighted by molar-refractivity contribution is 5.97. The lowest BCUT2D eigenvalue weighted by Gasteiger charge is -2.23. The van der Waals surface area contributed by atoms with Crippen molar-refractivity contribution in [3.05, 3.63) is 59.7 Å². The van der Waals surface area contributed by atoms with E-state index >= 15 is 0 Å². The number of hydrogen-bond donors (Lipinski definition) is 1. The van der Waals surface area contributed by atoms with E-state index in [0.29, 0.717) is 13.1 Å². The highest BCUT2D eigenvalue weighted by atomic mass is 16.5. The Morgan fingerprint density at radius 2 is 1.96 bits per heavy atom. The van der Waals surface area contributed by atoms with Gasteiger partial charge in [-0.15, -0.1) is 0 Å². The number of methoxy groups -OCH3 is 1. The molecule has 23 heavy (non-hydrogen) atoms. The Kier molecular flexibility index (Phi) is 4.63. The standard InChI is InChI=1S/C19H22N2O2/c1-14-11-15-7-3-5-9-17(15)21(14)19(22)13-20-12-16-8-4-6-10-18(16)23-2/h3-10,14,20H,11-13H2,1-2H3. The van der Waals surface area contributed by atoms with Crippen LogP contribution in [-0.2, 0) is 17.8 Å². The molecule has 0 fully saturated rings. The number of hydrogen-bond acceptors (Lipinski definition) is 3. The van der Waals surface area contributed by atoms with E-state index in [2.05, 4.69) is 18.3 Å². The van der Waals surface area contributed by atoms with Crippen LogP contribution in [0, 0.1) is 0 Å². The molecule has 3 rings (SSSR count). The van der Waals surface area contributed by atoms with E-state index in [9.17, 15) is 4.79 Å². The fourth-order valence-electron chi connectivity index (χ4n) is 3.18. The van der Waals surface area contributed by atoms with Crippen LogP contribution in [0.5, 0.6) is 5.75 Å². The molecule has 120 valence electrons. The molecule has 0 radical (unpaired) electrons. The molecule has 2 aromatic carbocycles. The number of rotatable bonds is 5. The zero-order valence-corrected chi connectivity index (χ0v) is 13.6. The Balaban J connectivity index is 1.62. The number of carbonyl (C=O) groups excluding carboxylic acids is 1. The Morgan fingerprint density at radius 1 is 1.22 bits per heavy atom. The Bertz CT molecular complexity index is 699. The summed E-state index contributed by atoms with van der Waals surface area (Å²) in [5.74, 6) is 0.949. The van der Waals surface area contributed by atoms with Crippen molar-refractivity contribution in [1.82, 2.24) is 5.32 Å². The number of para-hydroxylation sites is 2. The van der Waals surface area contributed by atoms with Gasteiger partial charge in [-0.1, -0.05) is 36.4 Å². The topological polar surface area (TPSA) is 41.6 Å². The first kappa shape index (κ1) is 15.6. The molecule has 1 amide bonds. The lowest BCUT2D eigenvalue weighted by molar-refractivity contribution is -0.118. The third-order valence-electron chi connectivity index (χ3n) is 4.26. The number of carbonyl (C=O) groups is 1. The van der Waals surface area contributed by atoms with Crippen LogP contribution in [0.1, 0.15) is 18.1 Å². The SMILES string of the molecule is COc1ccccc1CNCC(=O)N1c2ccccc2CC1C. The second-order valence-electron chi connectivity index (χ2n) is 5.86. The third-order valence-corrected chi connectivity index (χ3v) is 4.26. The molecule has 1 aliphatic rings. The van der Waals surface area contributed by atoms with Crippen molar-refractivity contribution in [2.45, 2.75) is 25.9 Å². The van der Waals surface area contributed by atoms with Crippen LogP contribution in [0.15, 0.2) is 48.5 Å². The monoisotopic (exact) mass is 310 g/mol. The van der Waals surface area contributed by atoms with Gasteiger partial charge in [-0.3, -0.25) is 4.79 Å². The average Bonchev–Trinajstić information content (AvgIpc) is 2.91. The summed E-state index contributed by atoms with van der Waals surface area (Å²) in [5, 5.41) is 3.23. The summed E-state index contributed by atoms with van der Waals surface area (Å²) in [5.41, 5.74) is 3.35. The van der Waals surface area contributed by atoms with E-state index in [1.807, 2.05) is 47.4 Å². The zero-order chi connectivity index (χ0) is 16.2. The minimum Gasteiger partial charge on any atom is -0.496 e. The van der Waals surface area contributed by atoms with Crippen molar-refractivity contribution in [1.29, 1.82) is 0 Å². The number of nitrogens with one attached hydrogen (secondary N) is 1. The van der Waals surface area contributed by atoms with Gasteiger partial charge >= 0.3 is 0 Å². The maximum atomic E-state index is 12.6. The summed E-state index contributed by atoms with van der Waals surface area (Å²) in [6.45, 7) is 3.02. The molecule has 0 saturated carbocycles. The Labute approximate surface area is 137 Å².